The van der Waals surface area contributed by atoms with Gasteiger partial charge in [-0.3, -0.25) is 9.10 Å². The zero-order valence-electron chi connectivity index (χ0n) is 22.3. The van der Waals surface area contributed by atoms with E-state index in [1.807, 2.05) is 0 Å². The van der Waals surface area contributed by atoms with Crippen LogP contribution in [0.4, 0.5) is 18.9 Å². The summed E-state index contributed by atoms with van der Waals surface area (Å²) in [6.07, 6.45) is -1.38. The summed E-state index contributed by atoms with van der Waals surface area (Å²) in [4.78, 5) is 15.5. The summed E-state index contributed by atoms with van der Waals surface area (Å²) in [6.45, 7) is 1.61. The molecular weight excluding hydrogens is 620 g/mol. The number of carbonyl (C=O) groups excluding carboxylic acids is 1. The van der Waals surface area contributed by atoms with Crippen LogP contribution >= 0.6 is 23.2 Å². The molecule has 0 spiro atoms. The second-order valence-electron chi connectivity index (χ2n) is 9.04. The molecule has 42 heavy (non-hydrogen) atoms. The molecule has 224 valence electrons. The van der Waals surface area contributed by atoms with Crippen LogP contribution in [0.2, 0.25) is 10.0 Å². The molecule has 0 fully saturated rings. The van der Waals surface area contributed by atoms with E-state index < -0.39 is 33.8 Å². The Labute approximate surface area is 250 Å². The summed E-state index contributed by atoms with van der Waals surface area (Å²) in [5.74, 6) is -0.469. The third kappa shape index (κ3) is 6.93. The number of methoxy groups -OCH3 is 1. The van der Waals surface area contributed by atoms with E-state index in [4.69, 9.17) is 37.4 Å². The molecule has 0 radical (unpaired) electrons. The van der Waals surface area contributed by atoms with E-state index in [-0.39, 0.29) is 63.8 Å². The van der Waals surface area contributed by atoms with Crippen molar-refractivity contribution in [3.05, 3.63) is 75.4 Å². The van der Waals surface area contributed by atoms with Crippen LogP contribution in [-0.4, -0.2) is 45.7 Å². The lowest BCUT2D eigenvalue weighted by Gasteiger charge is -2.35. The van der Waals surface area contributed by atoms with Gasteiger partial charge in [0.2, 0.25) is 5.88 Å². The fourth-order valence-corrected chi connectivity index (χ4v) is 6.35. The van der Waals surface area contributed by atoms with Crippen molar-refractivity contribution in [3.63, 3.8) is 0 Å². The number of anilines is 1. The fraction of sp³-hybridized carbons (Fsp3) is 0.286. The second kappa shape index (κ2) is 12.8. The average molecular weight is 645 g/mol. The van der Waals surface area contributed by atoms with Crippen molar-refractivity contribution in [3.8, 4) is 11.6 Å². The van der Waals surface area contributed by atoms with Gasteiger partial charge in [0, 0.05) is 23.2 Å². The van der Waals surface area contributed by atoms with Gasteiger partial charge in [-0.05, 0) is 49.2 Å². The van der Waals surface area contributed by atoms with Crippen molar-refractivity contribution in [2.75, 3.05) is 24.6 Å². The van der Waals surface area contributed by atoms with Gasteiger partial charge in [-0.2, -0.15) is 13.2 Å². The maximum Gasteiger partial charge on any atom is 0.417 e. The SMILES string of the molecule is CCOc1ncc(Cl)cc1S(=O)(=O)N1C[C@H](CCC(=O)OC)Oc2ccc(/C=C/c3c(Cl)cccc3C(F)(F)F)cc21. The molecular formula is C28H25Cl2F3N2O6S. The summed E-state index contributed by atoms with van der Waals surface area (Å²) in [5.41, 5.74) is -0.668. The van der Waals surface area contributed by atoms with E-state index in [2.05, 4.69) is 4.98 Å². The molecule has 4 rings (SSSR count). The lowest BCUT2D eigenvalue weighted by molar-refractivity contribution is -0.141. The number of fused-ring (bicyclic) bond motifs is 1. The lowest BCUT2D eigenvalue weighted by atomic mass is 10.0. The number of halogens is 5. The number of pyridine rings is 1. The van der Waals surface area contributed by atoms with Crippen LogP contribution in [-0.2, 0) is 25.7 Å². The first-order valence-corrected chi connectivity index (χ1v) is 14.8. The van der Waals surface area contributed by atoms with Gasteiger partial charge in [0.05, 0.1) is 36.5 Å². The summed E-state index contributed by atoms with van der Waals surface area (Å²) >= 11 is 12.2. The van der Waals surface area contributed by atoms with Crippen LogP contribution in [0.25, 0.3) is 12.2 Å². The molecule has 1 atom stereocenters. The smallest absolute Gasteiger partial charge is 0.417 e. The number of rotatable bonds is 9. The highest BCUT2D eigenvalue weighted by Crippen LogP contribution is 2.41. The molecule has 0 N–H and O–H groups in total. The first-order chi connectivity index (χ1) is 19.8. The summed E-state index contributed by atoms with van der Waals surface area (Å²) in [5, 5.41) is -0.0402. The van der Waals surface area contributed by atoms with Crippen molar-refractivity contribution in [1.29, 1.82) is 0 Å². The van der Waals surface area contributed by atoms with Gasteiger partial charge in [-0.15, -0.1) is 0 Å². The summed E-state index contributed by atoms with van der Waals surface area (Å²) in [7, 11) is -3.13. The van der Waals surface area contributed by atoms with Crippen LogP contribution in [0.5, 0.6) is 11.6 Å². The molecule has 2 heterocycles. The number of esters is 1. The Bertz CT molecular complexity index is 1620. The lowest BCUT2D eigenvalue weighted by Crippen LogP contribution is -2.44. The minimum absolute atomic E-state index is 0.0203. The van der Waals surface area contributed by atoms with E-state index >= 15 is 0 Å². The zero-order chi connectivity index (χ0) is 30.7. The van der Waals surface area contributed by atoms with E-state index in [0.717, 1.165) is 10.4 Å². The first kappa shape index (κ1) is 31.5. The zero-order valence-corrected chi connectivity index (χ0v) is 24.6. The number of alkyl halides is 3. The Balaban J connectivity index is 1.79. The van der Waals surface area contributed by atoms with Crippen molar-refractivity contribution in [2.45, 2.75) is 36.9 Å². The minimum Gasteiger partial charge on any atom is -0.486 e. The first-order valence-electron chi connectivity index (χ1n) is 12.6. The van der Waals surface area contributed by atoms with Gasteiger partial charge < -0.3 is 14.2 Å². The highest BCUT2D eigenvalue weighted by molar-refractivity contribution is 7.93. The number of nitrogens with zero attached hydrogens (tertiary/aromatic N) is 2. The van der Waals surface area contributed by atoms with Crippen molar-refractivity contribution < 1.29 is 40.6 Å². The number of ether oxygens (including phenoxy) is 3. The van der Waals surface area contributed by atoms with Crippen molar-refractivity contribution >= 4 is 57.0 Å². The highest BCUT2D eigenvalue weighted by atomic mass is 35.5. The van der Waals surface area contributed by atoms with E-state index in [1.54, 1.807) is 13.0 Å². The monoisotopic (exact) mass is 644 g/mol. The van der Waals surface area contributed by atoms with E-state index in [1.165, 1.54) is 55.8 Å². The maximum atomic E-state index is 14.1. The van der Waals surface area contributed by atoms with E-state index in [9.17, 15) is 26.4 Å². The largest absolute Gasteiger partial charge is 0.486 e. The van der Waals surface area contributed by atoms with Gasteiger partial charge in [-0.25, -0.2) is 13.4 Å². The Morgan fingerprint density at radius 3 is 2.64 bits per heavy atom. The minimum atomic E-state index is -4.64. The Hall–Kier alpha value is -3.48. The quantitative estimate of drug-likeness (QED) is 0.185. The van der Waals surface area contributed by atoms with Gasteiger partial charge >= 0.3 is 12.1 Å². The molecule has 0 unspecified atom stereocenters. The third-order valence-corrected chi connectivity index (χ3v) is 8.56. The molecule has 0 bridgehead atoms. The maximum absolute atomic E-state index is 14.1. The number of hydrogen-bond acceptors (Lipinski definition) is 7. The molecule has 3 aromatic rings. The third-order valence-electron chi connectivity index (χ3n) is 6.25. The number of hydrogen-bond donors (Lipinski definition) is 0. The number of carbonyl (C=O) groups is 1. The summed E-state index contributed by atoms with van der Waals surface area (Å²) < 4.78 is 86.1. The summed E-state index contributed by atoms with van der Waals surface area (Å²) in [6, 6.07) is 9.20. The van der Waals surface area contributed by atoms with Crippen LogP contribution < -0.4 is 13.8 Å². The van der Waals surface area contributed by atoms with Crippen LogP contribution in [0, 0.1) is 0 Å². The Morgan fingerprint density at radius 1 is 1.19 bits per heavy atom. The number of benzene rings is 2. The standard InChI is InChI=1S/C28H25Cl2F3N2O6S/c1-3-40-27-25(14-18(29)15-34-27)42(37,38)35-16-19(9-12-26(36)39-2)41-24-11-8-17(13-23(24)35)7-10-20-21(28(31,32)33)5-4-6-22(20)30/h4-8,10-11,13-15,19H,3,9,12,16H2,1-2H3/b10-7+/t19-/m0/s1. The molecule has 1 aromatic heterocycles. The number of sulfonamides is 1. The number of aromatic nitrogens is 1. The van der Waals surface area contributed by atoms with Gasteiger partial charge in [0.25, 0.3) is 10.0 Å². The predicted molar refractivity (Wildman–Crippen MR) is 152 cm³/mol. The predicted octanol–water partition coefficient (Wildman–Crippen LogP) is 6.89. The molecule has 2 aromatic carbocycles. The normalized spacial score (nSPS) is 15.3. The Kier molecular flexibility index (Phi) is 9.59. The van der Waals surface area contributed by atoms with Crippen LogP contribution in [0.3, 0.4) is 0 Å². The van der Waals surface area contributed by atoms with Crippen molar-refractivity contribution in [2.24, 2.45) is 0 Å². The van der Waals surface area contributed by atoms with Gasteiger partial charge in [-0.1, -0.05) is 47.5 Å². The topological polar surface area (TPSA) is 95.0 Å². The molecule has 0 aliphatic carbocycles. The highest BCUT2D eigenvalue weighted by Gasteiger charge is 2.37. The second-order valence-corrected chi connectivity index (χ2v) is 11.7. The van der Waals surface area contributed by atoms with Crippen LogP contribution in [0.15, 0.2) is 53.6 Å². The molecule has 0 saturated carbocycles. The molecule has 0 amide bonds. The van der Waals surface area contributed by atoms with Gasteiger partial charge in [0.15, 0.2) is 4.90 Å². The Morgan fingerprint density at radius 2 is 1.95 bits per heavy atom. The fourth-order valence-electron chi connectivity index (χ4n) is 4.28. The van der Waals surface area contributed by atoms with Crippen LogP contribution in [0.1, 0.15) is 36.5 Å². The molecule has 1 aliphatic rings. The van der Waals surface area contributed by atoms with Gasteiger partial charge in [0.1, 0.15) is 11.9 Å². The molecule has 0 saturated heterocycles. The average Bonchev–Trinajstić information content (AvgIpc) is 2.95. The van der Waals surface area contributed by atoms with E-state index in [0.29, 0.717) is 5.56 Å². The molecule has 1 aliphatic heterocycles. The van der Waals surface area contributed by atoms with Crippen molar-refractivity contribution in [1.82, 2.24) is 4.98 Å². The molecule has 14 heteroatoms. The molecule has 8 nitrogen and oxygen atoms in total.